The molecule has 2 aliphatic heterocycles. The molecule has 7 heteroatoms. The van der Waals surface area contributed by atoms with Crippen LogP contribution < -0.4 is 5.32 Å². The zero-order chi connectivity index (χ0) is 23.5. The number of aromatic nitrogens is 1. The van der Waals surface area contributed by atoms with Crippen molar-refractivity contribution in [1.29, 1.82) is 0 Å². The molecule has 0 aliphatic carbocycles. The second kappa shape index (κ2) is 9.60. The van der Waals surface area contributed by atoms with Crippen LogP contribution >= 0.6 is 0 Å². The fourth-order valence-electron chi connectivity index (χ4n) is 5.24. The first-order valence-electron chi connectivity index (χ1n) is 12.0. The summed E-state index contributed by atoms with van der Waals surface area (Å²) < 4.78 is 5.85. The van der Waals surface area contributed by atoms with E-state index in [-0.39, 0.29) is 18.4 Å². The molecule has 0 radical (unpaired) electrons. The molecule has 1 unspecified atom stereocenters. The molecule has 2 amide bonds. The summed E-state index contributed by atoms with van der Waals surface area (Å²) in [4.78, 5) is 34.6. The number of piperazine rings is 1. The number of carbonyl (C=O) groups excluding carboxylic acids is 2. The molecular formula is C27H32N4O3. The lowest BCUT2D eigenvalue weighted by Gasteiger charge is -2.51. The van der Waals surface area contributed by atoms with Crippen LogP contribution in [-0.4, -0.2) is 71.5 Å². The quantitative estimate of drug-likeness (QED) is 0.568. The second-order valence-electron chi connectivity index (χ2n) is 9.46. The standard InChI is InChI=1S/C27H32N4O3/c1-30-15-12-27(13-16-30)26(33)29-24(19-34-18-20-7-3-2-4-8-20)25(32)31(27)14-11-21-17-28-23-10-6-5-9-22(21)23/h2-10,17,24,28H,11-16,18-19H2,1H3,(H,29,33). The zero-order valence-corrected chi connectivity index (χ0v) is 19.6. The van der Waals surface area contributed by atoms with Crippen LogP contribution in [0.4, 0.5) is 0 Å². The van der Waals surface area contributed by atoms with Gasteiger partial charge in [-0.3, -0.25) is 9.59 Å². The van der Waals surface area contributed by atoms with Crippen molar-refractivity contribution in [1.82, 2.24) is 20.1 Å². The third-order valence-corrected chi connectivity index (χ3v) is 7.30. The van der Waals surface area contributed by atoms with E-state index in [9.17, 15) is 9.59 Å². The van der Waals surface area contributed by atoms with Crippen molar-refractivity contribution in [2.45, 2.75) is 37.5 Å². The number of H-pyrrole nitrogens is 1. The molecular weight excluding hydrogens is 428 g/mol. The Morgan fingerprint density at radius 2 is 1.76 bits per heavy atom. The Labute approximate surface area is 200 Å². The summed E-state index contributed by atoms with van der Waals surface area (Å²) in [5.74, 6) is -0.0931. The minimum Gasteiger partial charge on any atom is -0.374 e. The number of nitrogens with zero attached hydrogens (tertiary/aromatic N) is 2. The number of hydrogen-bond donors (Lipinski definition) is 2. The van der Waals surface area contributed by atoms with Gasteiger partial charge in [0.15, 0.2) is 0 Å². The predicted molar refractivity (Wildman–Crippen MR) is 131 cm³/mol. The van der Waals surface area contributed by atoms with E-state index in [1.54, 1.807) is 0 Å². The molecule has 2 fully saturated rings. The van der Waals surface area contributed by atoms with Crippen LogP contribution in [0, 0.1) is 0 Å². The van der Waals surface area contributed by atoms with Crippen molar-refractivity contribution < 1.29 is 14.3 Å². The average Bonchev–Trinajstić information content (AvgIpc) is 3.27. The van der Waals surface area contributed by atoms with E-state index in [1.807, 2.05) is 53.6 Å². The van der Waals surface area contributed by atoms with Gasteiger partial charge >= 0.3 is 0 Å². The number of rotatable bonds is 7. The van der Waals surface area contributed by atoms with Crippen molar-refractivity contribution in [3.8, 4) is 0 Å². The second-order valence-corrected chi connectivity index (χ2v) is 9.46. The van der Waals surface area contributed by atoms with E-state index in [0.29, 0.717) is 32.4 Å². The molecule has 7 nitrogen and oxygen atoms in total. The van der Waals surface area contributed by atoms with Gasteiger partial charge in [0, 0.05) is 36.7 Å². The fraction of sp³-hybridized carbons (Fsp3) is 0.407. The average molecular weight is 461 g/mol. The number of ether oxygens (including phenoxy) is 1. The van der Waals surface area contributed by atoms with E-state index < -0.39 is 11.6 Å². The van der Waals surface area contributed by atoms with Crippen molar-refractivity contribution in [2.75, 3.05) is 33.3 Å². The number of benzene rings is 2. The molecule has 34 heavy (non-hydrogen) atoms. The maximum absolute atomic E-state index is 13.7. The summed E-state index contributed by atoms with van der Waals surface area (Å²) in [6.07, 6.45) is 4.00. The largest absolute Gasteiger partial charge is 0.374 e. The fourth-order valence-corrected chi connectivity index (χ4v) is 5.24. The molecule has 2 N–H and O–H groups in total. The maximum Gasteiger partial charge on any atom is 0.248 e. The first-order chi connectivity index (χ1) is 16.6. The van der Waals surface area contributed by atoms with Gasteiger partial charge in [-0.05, 0) is 43.5 Å². The lowest BCUT2D eigenvalue weighted by atomic mass is 9.81. The van der Waals surface area contributed by atoms with Crippen LogP contribution in [-0.2, 0) is 27.4 Å². The summed E-state index contributed by atoms with van der Waals surface area (Å²) in [6, 6.07) is 17.4. The van der Waals surface area contributed by atoms with Gasteiger partial charge < -0.3 is 24.8 Å². The van der Waals surface area contributed by atoms with Gasteiger partial charge in [-0.2, -0.15) is 0 Å². The highest BCUT2D eigenvalue weighted by Crippen LogP contribution is 2.33. The summed E-state index contributed by atoms with van der Waals surface area (Å²) in [5, 5.41) is 4.16. The van der Waals surface area contributed by atoms with E-state index in [0.717, 1.165) is 35.1 Å². The smallest absolute Gasteiger partial charge is 0.248 e. The summed E-state index contributed by atoms with van der Waals surface area (Å²) in [6.45, 7) is 2.66. The van der Waals surface area contributed by atoms with Gasteiger partial charge in [0.05, 0.1) is 13.2 Å². The summed E-state index contributed by atoms with van der Waals surface area (Å²) in [7, 11) is 2.06. The maximum atomic E-state index is 13.7. The molecule has 2 aliphatic rings. The number of nitrogens with one attached hydrogen (secondary N) is 2. The number of piperidine rings is 1. The molecule has 3 aromatic rings. The molecule has 3 heterocycles. The van der Waals surface area contributed by atoms with Gasteiger partial charge in [-0.15, -0.1) is 0 Å². The molecule has 1 spiro atoms. The lowest BCUT2D eigenvalue weighted by Crippen LogP contribution is -2.73. The van der Waals surface area contributed by atoms with Crippen molar-refractivity contribution in [3.05, 3.63) is 71.9 Å². The Balaban J connectivity index is 1.33. The minimum atomic E-state index is -0.786. The molecule has 1 aromatic heterocycles. The van der Waals surface area contributed by atoms with Crippen molar-refractivity contribution in [3.63, 3.8) is 0 Å². The van der Waals surface area contributed by atoms with Crippen LogP contribution in [0.2, 0.25) is 0 Å². The first-order valence-corrected chi connectivity index (χ1v) is 12.0. The molecule has 2 saturated heterocycles. The van der Waals surface area contributed by atoms with E-state index in [4.69, 9.17) is 4.74 Å². The number of para-hydroxylation sites is 1. The number of aromatic amines is 1. The Hall–Kier alpha value is -3.16. The predicted octanol–water partition coefficient (Wildman–Crippen LogP) is 2.72. The highest BCUT2D eigenvalue weighted by atomic mass is 16.5. The lowest BCUT2D eigenvalue weighted by molar-refractivity contribution is -0.162. The third-order valence-electron chi connectivity index (χ3n) is 7.30. The molecule has 5 rings (SSSR count). The summed E-state index contributed by atoms with van der Waals surface area (Å²) >= 11 is 0. The third kappa shape index (κ3) is 4.33. The van der Waals surface area contributed by atoms with E-state index in [2.05, 4.69) is 34.4 Å². The summed E-state index contributed by atoms with van der Waals surface area (Å²) in [5.41, 5.74) is 2.50. The number of likely N-dealkylation sites (tertiary alicyclic amines) is 1. The number of fused-ring (bicyclic) bond motifs is 1. The van der Waals surface area contributed by atoms with E-state index in [1.165, 1.54) is 0 Å². The van der Waals surface area contributed by atoms with Gasteiger partial charge in [0.2, 0.25) is 11.8 Å². The van der Waals surface area contributed by atoms with Gasteiger partial charge in [0.1, 0.15) is 11.6 Å². The van der Waals surface area contributed by atoms with Crippen LogP contribution in [0.3, 0.4) is 0 Å². The molecule has 2 aromatic carbocycles. The molecule has 1 atom stereocenters. The van der Waals surface area contributed by atoms with Crippen LogP contribution in [0.15, 0.2) is 60.8 Å². The number of carbonyl (C=O) groups is 2. The molecule has 0 bridgehead atoms. The van der Waals surface area contributed by atoms with Gasteiger partial charge in [0.25, 0.3) is 0 Å². The van der Waals surface area contributed by atoms with Crippen LogP contribution in [0.25, 0.3) is 10.9 Å². The minimum absolute atomic E-state index is 0.0444. The normalized spacial score (nSPS) is 20.7. The Morgan fingerprint density at radius 3 is 2.56 bits per heavy atom. The molecule has 178 valence electrons. The zero-order valence-electron chi connectivity index (χ0n) is 19.6. The van der Waals surface area contributed by atoms with Gasteiger partial charge in [-0.1, -0.05) is 48.5 Å². The molecule has 0 saturated carbocycles. The number of hydrogen-bond acceptors (Lipinski definition) is 4. The van der Waals surface area contributed by atoms with Crippen LogP contribution in [0.1, 0.15) is 24.0 Å². The van der Waals surface area contributed by atoms with Gasteiger partial charge in [-0.25, -0.2) is 0 Å². The van der Waals surface area contributed by atoms with Crippen molar-refractivity contribution >= 4 is 22.7 Å². The highest BCUT2D eigenvalue weighted by molar-refractivity contribution is 6.00. The topological polar surface area (TPSA) is 77.7 Å². The Morgan fingerprint density at radius 1 is 1.03 bits per heavy atom. The SMILES string of the molecule is CN1CCC2(CC1)C(=O)NC(COCc1ccccc1)C(=O)N2CCc1c[nH]c2ccccc12. The monoisotopic (exact) mass is 460 g/mol. The highest BCUT2D eigenvalue weighted by Gasteiger charge is 2.53. The number of amides is 2. The Kier molecular flexibility index (Phi) is 6.39. The first kappa shape index (κ1) is 22.6. The van der Waals surface area contributed by atoms with Crippen LogP contribution in [0.5, 0.6) is 0 Å². The Bertz CT molecular complexity index is 1150. The van der Waals surface area contributed by atoms with Crippen molar-refractivity contribution in [2.24, 2.45) is 0 Å². The van der Waals surface area contributed by atoms with E-state index >= 15 is 0 Å².